The molecule has 1 aliphatic carbocycles. The Labute approximate surface area is 97.9 Å². The van der Waals surface area contributed by atoms with Crippen LogP contribution in [-0.4, -0.2) is 23.3 Å². The number of hydrogen-bond acceptors (Lipinski definition) is 3. The number of alkyl carbamates (subject to hydrolysis) is 1. The maximum absolute atomic E-state index is 11.5. The van der Waals surface area contributed by atoms with E-state index >= 15 is 0 Å². The zero-order valence-corrected chi connectivity index (χ0v) is 10.8. The molecule has 0 bridgehead atoms. The molecular weight excluding hydrogens is 204 g/mol. The van der Waals surface area contributed by atoms with Gasteiger partial charge in [0.15, 0.2) is 0 Å². The summed E-state index contributed by atoms with van der Waals surface area (Å²) in [4.78, 5) is 11.5. The zero-order chi connectivity index (χ0) is 12.4. The van der Waals surface area contributed by atoms with Crippen LogP contribution in [0.25, 0.3) is 0 Å². The minimum absolute atomic E-state index is 0.0611. The van der Waals surface area contributed by atoms with Gasteiger partial charge in [-0.05, 0) is 53.4 Å². The lowest BCUT2D eigenvalue weighted by Gasteiger charge is -2.40. The summed E-state index contributed by atoms with van der Waals surface area (Å²) >= 11 is 0. The number of carbonyl (C=O) groups excluding carboxylic acids is 1. The van der Waals surface area contributed by atoms with E-state index in [-0.39, 0.29) is 17.7 Å². The summed E-state index contributed by atoms with van der Waals surface area (Å²) in [5.74, 6) is 0. The summed E-state index contributed by atoms with van der Waals surface area (Å²) in [6.07, 6.45) is 3.80. The first-order chi connectivity index (χ1) is 7.20. The number of rotatable bonds is 3. The summed E-state index contributed by atoms with van der Waals surface area (Å²) in [6.45, 7) is 7.53. The third-order valence-corrected chi connectivity index (χ3v) is 2.83. The van der Waals surface area contributed by atoms with Crippen LogP contribution < -0.4 is 11.1 Å². The van der Waals surface area contributed by atoms with Crippen molar-refractivity contribution in [2.75, 3.05) is 0 Å². The molecule has 0 aromatic rings. The Morgan fingerprint density at radius 2 is 2.06 bits per heavy atom. The molecule has 1 atom stereocenters. The van der Waals surface area contributed by atoms with E-state index in [1.165, 1.54) is 6.42 Å². The van der Waals surface area contributed by atoms with E-state index in [0.717, 1.165) is 19.3 Å². The van der Waals surface area contributed by atoms with Crippen molar-refractivity contribution in [3.63, 3.8) is 0 Å². The minimum atomic E-state index is -0.444. The number of hydrogen-bond donors (Lipinski definition) is 2. The van der Waals surface area contributed by atoms with Crippen LogP contribution in [-0.2, 0) is 4.74 Å². The van der Waals surface area contributed by atoms with Crippen LogP contribution in [0, 0.1) is 0 Å². The molecule has 0 aromatic heterocycles. The van der Waals surface area contributed by atoms with Crippen molar-refractivity contribution in [3.8, 4) is 0 Å². The van der Waals surface area contributed by atoms with Gasteiger partial charge in [-0.1, -0.05) is 0 Å². The highest BCUT2D eigenvalue weighted by molar-refractivity contribution is 5.68. The predicted octanol–water partition coefficient (Wildman–Crippen LogP) is 2.17. The first-order valence-corrected chi connectivity index (χ1v) is 5.99. The van der Waals surface area contributed by atoms with Crippen molar-refractivity contribution in [3.05, 3.63) is 0 Å². The summed E-state index contributed by atoms with van der Waals surface area (Å²) in [7, 11) is 0. The monoisotopic (exact) mass is 228 g/mol. The van der Waals surface area contributed by atoms with Gasteiger partial charge in [-0.25, -0.2) is 4.79 Å². The van der Waals surface area contributed by atoms with Crippen LogP contribution in [0.15, 0.2) is 0 Å². The second-order valence-corrected chi connectivity index (χ2v) is 5.97. The molecule has 0 spiro atoms. The average molecular weight is 228 g/mol. The first-order valence-electron chi connectivity index (χ1n) is 5.99. The Hall–Kier alpha value is -0.770. The van der Waals surface area contributed by atoms with Gasteiger partial charge >= 0.3 is 6.09 Å². The molecule has 0 saturated heterocycles. The summed E-state index contributed by atoms with van der Waals surface area (Å²) in [6, 6.07) is 0.0696. The molecule has 1 saturated carbocycles. The zero-order valence-electron chi connectivity index (χ0n) is 10.8. The number of nitrogens with one attached hydrogen (secondary N) is 1. The van der Waals surface area contributed by atoms with Crippen molar-refractivity contribution >= 4 is 6.09 Å². The summed E-state index contributed by atoms with van der Waals surface area (Å²) in [5, 5.41) is 2.82. The summed E-state index contributed by atoms with van der Waals surface area (Å²) < 4.78 is 5.18. The van der Waals surface area contributed by atoms with Gasteiger partial charge in [-0.3, -0.25) is 0 Å². The maximum Gasteiger partial charge on any atom is 0.407 e. The highest BCUT2D eigenvalue weighted by atomic mass is 16.6. The fourth-order valence-electron chi connectivity index (χ4n) is 2.00. The summed E-state index contributed by atoms with van der Waals surface area (Å²) in [5.41, 5.74) is 5.61. The molecule has 4 heteroatoms. The van der Waals surface area contributed by atoms with Gasteiger partial charge < -0.3 is 15.8 Å². The topological polar surface area (TPSA) is 64.3 Å². The largest absolute Gasteiger partial charge is 0.444 e. The third-order valence-electron chi connectivity index (χ3n) is 2.83. The van der Waals surface area contributed by atoms with Crippen LogP contribution in [0.1, 0.15) is 53.4 Å². The normalized spacial score (nSPS) is 20.8. The van der Waals surface area contributed by atoms with Crippen molar-refractivity contribution in [1.29, 1.82) is 0 Å². The Morgan fingerprint density at radius 1 is 1.50 bits per heavy atom. The van der Waals surface area contributed by atoms with Crippen LogP contribution in [0.2, 0.25) is 0 Å². The smallest absolute Gasteiger partial charge is 0.407 e. The molecule has 0 heterocycles. The van der Waals surface area contributed by atoms with Crippen LogP contribution in [0.3, 0.4) is 0 Å². The van der Waals surface area contributed by atoms with Gasteiger partial charge in [0.25, 0.3) is 0 Å². The Kier molecular flexibility index (Phi) is 3.84. The fraction of sp³-hybridized carbons (Fsp3) is 0.917. The number of carbonyl (C=O) groups is 1. The lowest BCUT2D eigenvalue weighted by molar-refractivity contribution is 0.0494. The van der Waals surface area contributed by atoms with E-state index in [9.17, 15) is 4.79 Å². The Balaban J connectivity index is 2.28. The van der Waals surface area contributed by atoms with E-state index in [2.05, 4.69) is 5.32 Å². The highest BCUT2D eigenvalue weighted by Gasteiger charge is 2.34. The van der Waals surface area contributed by atoms with E-state index < -0.39 is 5.60 Å². The number of amides is 1. The molecule has 0 aliphatic heterocycles. The van der Waals surface area contributed by atoms with Crippen molar-refractivity contribution < 1.29 is 9.53 Å². The van der Waals surface area contributed by atoms with Gasteiger partial charge in [-0.2, -0.15) is 0 Å². The second kappa shape index (κ2) is 4.62. The van der Waals surface area contributed by atoms with Gasteiger partial charge in [0.2, 0.25) is 0 Å². The maximum atomic E-state index is 11.5. The molecule has 1 amide bonds. The molecule has 0 radical (unpaired) electrons. The Bertz CT molecular complexity index is 254. The highest BCUT2D eigenvalue weighted by Crippen LogP contribution is 2.33. The minimum Gasteiger partial charge on any atom is -0.444 e. The van der Waals surface area contributed by atoms with Gasteiger partial charge in [-0.15, -0.1) is 0 Å². The molecule has 1 unspecified atom stereocenters. The van der Waals surface area contributed by atoms with Gasteiger partial charge in [0.1, 0.15) is 5.60 Å². The molecule has 1 aliphatic rings. The molecule has 3 N–H and O–H groups in total. The molecule has 0 aromatic carbocycles. The predicted molar refractivity (Wildman–Crippen MR) is 64.2 cm³/mol. The molecule has 1 fully saturated rings. The van der Waals surface area contributed by atoms with E-state index in [1.807, 2.05) is 27.7 Å². The molecule has 94 valence electrons. The Morgan fingerprint density at radius 3 is 2.44 bits per heavy atom. The van der Waals surface area contributed by atoms with Gasteiger partial charge in [0.05, 0.1) is 0 Å². The molecule has 1 rings (SSSR count). The molecule has 16 heavy (non-hydrogen) atoms. The second-order valence-electron chi connectivity index (χ2n) is 5.97. The van der Waals surface area contributed by atoms with Crippen LogP contribution in [0.4, 0.5) is 4.79 Å². The number of nitrogens with two attached hydrogens (primary N) is 1. The van der Waals surface area contributed by atoms with Gasteiger partial charge in [0, 0.05) is 11.6 Å². The van der Waals surface area contributed by atoms with Crippen LogP contribution in [0.5, 0.6) is 0 Å². The SMILES string of the molecule is CC(CC1(N)CCC1)NC(=O)OC(C)(C)C. The van der Waals surface area contributed by atoms with E-state index in [0.29, 0.717) is 0 Å². The standard InChI is InChI=1S/C12H24N2O2/c1-9(8-12(13)6-5-7-12)14-10(15)16-11(2,3)4/h9H,5-8,13H2,1-4H3,(H,14,15). The fourth-order valence-corrected chi connectivity index (χ4v) is 2.00. The van der Waals surface area contributed by atoms with Crippen LogP contribution >= 0.6 is 0 Å². The molecule has 4 nitrogen and oxygen atoms in total. The quantitative estimate of drug-likeness (QED) is 0.778. The van der Waals surface area contributed by atoms with E-state index in [1.54, 1.807) is 0 Å². The lowest BCUT2D eigenvalue weighted by Crippen LogP contribution is -2.51. The van der Waals surface area contributed by atoms with Crippen molar-refractivity contribution in [1.82, 2.24) is 5.32 Å². The molecular formula is C12H24N2O2. The lowest BCUT2D eigenvalue weighted by atomic mass is 9.74. The van der Waals surface area contributed by atoms with E-state index in [4.69, 9.17) is 10.5 Å². The van der Waals surface area contributed by atoms with Crippen molar-refractivity contribution in [2.24, 2.45) is 5.73 Å². The third kappa shape index (κ3) is 4.39. The van der Waals surface area contributed by atoms with Crippen molar-refractivity contribution in [2.45, 2.75) is 70.6 Å². The average Bonchev–Trinajstić information content (AvgIpc) is 1.96. The number of ether oxygens (including phenoxy) is 1. The first kappa shape index (κ1) is 13.3.